The van der Waals surface area contributed by atoms with Crippen LogP contribution in [0.3, 0.4) is 0 Å². The highest BCUT2D eigenvalue weighted by atomic mass is 16.2. The van der Waals surface area contributed by atoms with E-state index in [1.165, 1.54) is 19.3 Å². The monoisotopic (exact) mass is 300 g/mol. The van der Waals surface area contributed by atoms with E-state index in [1.807, 2.05) is 11.3 Å². The molecule has 0 aromatic carbocycles. The Balaban J connectivity index is 1.92. The quantitative estimate of drug-likeness (QED) is 0.946. The standard InChI is InChI=1S/C17H24N4O/c1-11(2)14-9-12(3)19-16-15(18-10-21(14)16)17(22)20-13-7-5-4-6-8-13/h9-11,13H,4-8H2,1-3H3,(H,20,22). The second-order valence-corrected chi connectivity index (χ2v) is 6.57. The molecular formula is C17H24N4O. The molecule has 1 aliphatic carbocycles. The number of hydrogen-bond donors (Lipinski definition) is 1. The van der Waals surface area contributed by atoms with Crippen molar-refractivity contribution in [3.63, 3.8) is 0 Å². The summed E-state index contributed by atoms with van der Waals surface area (Å²) < 4.78 is 1.94. The van der Waals surface area contributed by atoms with Crippen molar-refractivity contribution < 1.29 is 4.79 Å². The zero-order valence-electron chi connectivity index (χ0n) is 13.6. The number of carbonyl (C=O) groups is 1. The van der Waals surface area contributed by atoms with Crippen LogP contribution in [0.15, 0.2) is 12.4 Å². The highest BCUT2D eigenvalue weighted by molar-refractivity contribution is 5.98. The molecule has 3 rings (SSSR count). The SMILES string of the molecule is Cc1cc(C(C)C)n2cnc(C(=O)NC3CCCCC3)c2n1. The first-order valence-electron chi connectivity index (χ1n) is 8.21. The van der Waals surface area contributed by atoms with Gasteiger partial charge in [-0.05, 0) is 31.7 Å². The molecule has 5 nitrogen and oxygen atoms in total. The molecule has 2 aromatic heterocycles. The van der Waals surface area contributed by atoms with Crippen LogP contribution < -0.4 is 5.32 Å². The molecule has 0 bridgehead atoms. The van der Waals surface area contributed by atoms with Gasteiger partial charge in [-0.25, -0.2) is 9.97 Å². The summed E-state index contributed by atoms with van der Waals surface area (Å²) >= 11 is 0. The third kappa shape index (κ3) is 2.85. The van der Waals surface area contributed by atoms with Gasteiger partial charge in [-0.2, -0.15) is 0 Å². The molecule has 1 aliphatic rings. The fourth-order valence-electron chi connectivity index (χ4n) is 3.23. The first kappa shape index (κ1) is 15.0. The molecule has 0 unspecified atom stereocenters. The number of hydrogen-bond acceptors (Lipinski definition) is 3. The second-order valence-electron chi connectivity index (χ2n) is 6.57. The number of amides is 1. The van der Waals surface area contributed by atoms with E-state index in [1.54, 1.807) is 6.33 Å². The Hall–Kier alpha value is -1.91. The van der Waals surface area contributed by atoms with Gasteiger partial charge in [-0.1, -0.05) is 33.1 Å². The van der Waals surface area contributed by atoms with Gasteiger partial charge in [0, 0.05) is 17.4 Å². The Morgan fingerprint density at radius 3 is 2.73 bits per heavy atom. The van der Waals surface area contributed by atoms with E-state index in [-0.39, 0.29) is 11.9 Å². The smallest absolute Gasteiger partial charge is 0.274 e. The van der Waals surface area contributed by atoms with Crippen molar-refractivity contribution in [1.29, 1.82) is 0 Å². The van der Waals surface area contributed by atoms with Crippen molar-refractivity contribution in [3.8, 4) is 0 Å². The minimum Gasteiger partial charge on any atom is -0.348 e. The van der Waals surface area contributed by atoms with Crippen LogP contribution in [0, 0.1) is 6.92 Å². The molecule has 5 heteroatoms. The van der Waals surface area contributed by atoms with E-state index in [0.29, 0.717) is 17.3 Å². The third-order valence-electron chi connectivity index (χ3n) is 4.41. The first-order chi connectivity index (χ1) is 10.6. The molecule has 1 amide bonds. The highest BCUT2D eigenvalue weighted by Crippen LogP contribution is 2.20. The third-order valence-corrected chi connectivity index (χ3v) is 4.41. The molecular weight excluding hydrogens is 276 g/mol. The normalized spacial score (nSPS) is 16.4. The summed E-state index contributed by atoms with van der Waals surface area (Å²) in [6.45, 7) is 6.23. The fraction of sp³-hybridized carbons (Fsp3) is 0.588. The molecule has 0 radical (unpaired) electrons. The zero-order valence-corrected chi connectivity index (χ0v) is 13.6. The average Bonchev–Trinajstić information content (AvgIpc) is 2.90. The number of carbonyl (C=O) groups excluding carboxylic acids is 1. The maximum Gasteiger partial charge on any atom is 0.274 e. The van der Waals surface area contributed by atoms with Crippen LogP contribution >= 0.6 is 0 Å². The predicted octanol–water partition coefficient (Wildman–Crippen LogP) is 3.22. The minimum absolute atomic E-state index is 0.0952. The zero-order chi connectivity index (χ0) is 15.7. The van der Waals surface area contributed by atoms with Crippen molar-refractivity contribution in [3.05, 3.63) is 29.5 Å². The first-order valence-corrected chi connectivity index (χ1v) is 8.21. The van der Waals surface area contributed by atoms with Crippen LogP contribution in [0.2, 0.25) is 0 Å². The predicted molar refractivity (Wildman–Crippen MR) is 86.2 cm³/mol. The number of nitrogens with one attached hydrogen (secondary N) is 1. The minimum atomic E-state index is -0.0952. The Kier molecular flexibility index (Phi) is 4.14. The van der Waals surface area contributed by atoms with Crippen LogP contribution in [0.5, 0.6) is 0 Å². The molecule has 2 heterocycles. The molecule has 1 N–H and O–H groups in total. The van der Waals surface area contributed by atoms with Crippen molar-refractivity contribution >= 4 is 11.6 Å². The van der Waals surface area contributed by atoms with Crippen molar-refractivity contribution in [2.24, 2.45) is 0 Å². The van der Waals surface area contributed by atoms with Crippen molar-refractivity contribution in [2.75, 3.05) is 0 Å². The molecule has 0 saturated heterocycles. The van der Waals surface area contributed by atoms with Crippen LogP contribution in [0.1, 0.15) is 73.7 Å². The Bertz CT molecular complexity index is 683. The summed E-state index contributed by atoms with van der Waals surface area (Å²) in [6, 6.07) is 2.34. The van der Waals surface area contributed by atoms with Crippen LogP contribution in [-0.4, -0.2) is 26.3 Å². The average molecular weight is 300 g/mol. The molecule has 22 heavy (non-hydrogen) atoms. The van der Waals surface area contributed by atoms with Gasteiger partial charge in [-0.3, -0.25) is 9.20 Å². The van der Waals surface area contributed by atoms with Gasteiger partial charge in [0.1, 0.15) is 6.33 Å². The van der Waals surface area contributed by atoms with Crippen molar-refractivity contribution in [1.82, 2.24) is 19.7 Å². The molecule has 2 aromatic rings. The van der Waals surface area contributed by atoms with Crippen molar-refractivity contribution in [2.45, 2.75) is 64.8 Å². The molecule has 1 saturated carbocycles. The lowest BCUT2D eigenvalue weighted by Gasteiger charge is -2.22. The topological polar surface area (TPSA) is 59.3 Å². The maximum atomic E-state index is 12.6. The molecule has 1 fully saturated rings. The number of nitrogens with zero attached hydrogens (tertiary/aromatic N) is 3. The van der Waals surface area contributed by atoms with Crippen LogP contribution in [0.4, 0.5) is 0 Å². The molecule has 0 aliphatic heterocycles. The largest absolute Gasteiger partial charge is 0.348 e. The lowest BCUT2D eigenvalue weighted by Crippen LogP contribution is -2.36. The summed E-state index contributed by atoms with van der Waals surface area (Å²) in [4.78, 5) is 21.4. The number of fused-ring (bicyclic) bond motifs is 1. The molecule has 0 atom stereocenters. The van der Waals surface area contributed by atoms with E-state index >= 15 is 0 Å². The summed E-state index contributed by atoms with van der Waals surface area (Å²) in [6.07, 6.45) is 7.53. The van der Waals surface area contributed by atoms with E-state index in [9.17, 15) is 4.79 Å². The summed E-state index contributed by atoms with van der Waals surface area (Å²) in [5, 5.41) is 3.13. The second kappa shape index (κ2) is 6.07. The number of aryl methyl sites for hydroxylation is 1. The maximum absolute atomic E-state index is 12.6. The van der Waals surface area contributed by atoms with Gasteiger partial charge in [0.2, 0.25) is 0 Å². The van der Waals surface area contributed by atoms with Crippen LogP contribution in [0.25, 0.3) is 5.65 Å². The summed E-state index contributed by atoms with van der Waals surface area (Å²) in [7, 11) is 0. The van der Waals surface area contributed by atoms with Gasteiger partial charge in [-0.15, -0.1) is 0 Å². The number of aromatic nitrogens is 3. The Morgan fingerprint density at radius 2 is 2.05 bits per heavy atom. The fourth-order valence-corrected chi connectivity index (χ4v) is 3.23. The Morgan fingerprint density at radius 1 is 1.32 bits per heavy atom. The lowest BCUT2D eigenvalue weighted by atomic mass is 9.95. The highest BCUT2D eigenvalue weighted by Gasteiger charge is 2.21. The molecule has 118 valence electrons. The van der Waals surface area contributed by atoms with Gasteiger partial charge in [0.05, 0.1) is 0 Å². The van der Waals surface area contributed by atoms with E-state index in [0.717, 1.165) is 24.2 Å². The molecule has 0 spiro atoms. The van der Waals surface area contributed by atoms with E-state index in [4.69, 9.17) is 0 Å². The van der Waals surface area contributed by atoms with Gasteiger partial charge >= 0.3 is 0 Å². The number of imidazole rings is 1. The number of rotatable bonds is 3. The van der Waals surface area contributed by atoms with Gasteiger partial charge in [0.25, 0.3) is 5.91 Å². The lowest BCUT2D eigenvalue weighted by molar-refractivity contribution is 0.0924. The summed E-state index contributed by atoms with van der Waals surface area (Å²) in [5.74, 6) is 0.259. The van der Waals surface area contributed by atoms with E-state index < -0.39 is 0 Å². The van der Waals surface area contributed by atoms with Crippen LogP contribution in [-0.2, 0) is 0 Å². The summed E-state index contributed by atoms with van der Waals surface area (Å²) in [5.41, 5.74) is 3.16. The Labute approximate surface area is 131 Å². The van der Waals surface area contributed by atoms with E-state index in [2.05, 4.69) is 35.2 Å². The van der Waals surface area contributed by atoms with Gasteiger partial charge < -0.3 is 5.32 Å². The van der Waals surface area contributed by atoms with Gasteiger partial charge in [0.15, 0.2) is 11.3 Å².